The number of thiophene rings is 4. The number of primary sulfonamides is 4. The monoisotopic (exact) mass is 2250 g/mol. The van der Waals surface area contributed by atoms with Crippen molar-refractivity contribution in [3.63, 3.8) is 0 Å². The highest BCUT2D eigenvalue weighted by atomic mass is 32.3. The van der Waals surface area contributed by atoms with E-state index in [1.54, 1.807) is 45.9 Å². The molecule has 53 nitrogen and oxygen atoms in total. The lowest BCUT2D eigenvalue weighted by Crippen LogP contribution is -2.52. The number of methoxy groups -OCH3 is 1. The van der Waals surface area contributed by atoms with Crippen molar-refractivity contribution in [1.29, 1.82) is 0 Å². The molecular weight excluding hydrogens is 2160 g/mol. The Hall–Kier alpha value is -11.9. The van der Waals surface area contributed by atoms with Gasteiger partial charge in [-0.05, 0) is 166 Å². The van der Waals surface area contributed by atoms with Crippen molar-refractivity contribution in [2.45, 2.75) is 212 Å². The van der Waals surface area contributed by atoms with E-state index in [-0.39, 0.29) is 182 Å². The molecule has 4 aliphatic rings. The number of fused-ring (bicyclic) bond motifs is 4. The Kier molecular flexibility index (Phi) is 39.8. The third-order valence-electron chi connectivity index (χ3n) is 22.0. The molecule has 0 bridgehead atoms. The molecule has 5 amide bonds. The lowest BCUT2D eigenvalue weighted by molar-refractivity contribution is -0.763. The van der Waals surface area contributed by atoms with Crippen LogP contribution in [0.2, 0.25) is 0 Å². The zero-order chi connectivity index (χ0) is 108. The number of hydrogen-bond acceptors (Lipinski definition) is 44. The number of carbonyl (C=O) groups is 7. The molecule has 11 rings (SSSR count). The van der Waals surface area contributed by atoms with Gasteiger partial charge in [0.1, 0.15) is 71.0 Å². The summed E-state index contributed by atoms with van der Waals surface area (Å²) in [5.74, 6) is -2.64. The van der Waals surface area contributed by atoms with Crippen LogP contribution in [0, 0.1) is 40.5 Å². The number of esters is 2. The van der Waals surface area contributed by atoms with Gasteiger partial charge >= 0.3 is 24.1 Å². The van der Waals surface area contributed by atoms with Crippen molar-refractivity contribution in [2.24, 2.45) is 20.6 Å². The van der Waals surface area contributed by atoms with Crippen LogP contribution in [-0.4, -0.2) is 229 Å². The average Bonchev–Trinajstić information content (AvgIpc) is 1.63. The fourth-order valence-electron chi connectivity index (χ4n) is 14.9. The van der Waals surface area contributed by atoms with E-state index in [4.69, 9.17) is 44.2 Å². The van der Waals surface area contributed by atoms with Crippen LogP contribution in [0.15, 0.2) is 131 Å². The van der Waals surface area contributed by atoms with Crippen LogP contribution in [-0.2, 0) is 141 Å². The quantitative estimate of drug-likeness (QED) is 0.00661. The second-order valence-electron chi connectivity index (χ2n) is 31.6. The summed E-state index contributed by atoms with van der Waals surface area (Å²) in [6, 6.07) is 16.9. The summed E-state index contributed by atoms with van der Waals surface area (Å²) in [6.07, 6.45) is 1.01. The molecule has 0 aliphatic carbocycles. The average molecular weight is 2260 g/mol. The summed E-state index contributed by atoms with van der Waals surface area (Å²) < 4.78 is 222. The third kappa shape index (κ3) is 29.7. The van der Waals surface area contributed by atoms with E-state index in [2.05, 4.69) is 24.7 Å². The molecule has 5 unspecified atom stereocenters. The number of ether oxygens (including phenoxy) is 5. The van der Waals surface area contributed by atoms with Crippen LogP contribution < -0.4 is 44.8 Å². The van der Waals surface area contributed by atoms with E-state index in [1.165, 1.54) is 133 Å². The first kappa shape index (κ1) is 117. The number of nitrogens with zero attached hydrogens (tertiary/aromatic N) is 8. The van der Waals surface area contributed by atoms with Crippen LogP contribution in [0.1, 0.15) is 177 Å². The summed E-state index contributed by atoms with van der Waals surface area (Å²) in [4.78, 5) is 152. The van der Waals surface area contributed by atoms with Gasteiger partial charge in [-0.2, -0.15) is 0 Å². The number of hydrogen-bond donors (Lipinski definition) is 5. The number of amides is 5. The van der Waals surface area contributed by atoms with Crippen molar-refractivity contribution in [2.75, 3.05) is 53.1 Å². The molecule has 8 heterocycles. The number of nitrogens with two attached hydrogens (primary N) is 4. The minimum absolute atomic E-state index is 0.0125. The van der Waals surface area contributed by atoms with Gasteiger partial charge in [-0.25, -0.2) is 97.5 Å². The summed E-state index contributed by atoms with van der Waals surface area (Å²) >= 11 is 2.21. The number of benzene rings is 3. The SMILES string of the molecule is CCN(C(=O)/C=C/c1ccc(OC(=O)CCCO[N+](=O)[O-])c(OC)c1)[C@H]1CC(C)S(=O)(=O)c2sc(S(N)(=O)=O)cc21.CCN(C(=O)C(COC(=O)CCCO[N+](=O)[O-])NC(C)=O)[C@H]1CC(C)S(=O)(=O)c2sc(S(N)(=O)=O)cc21.CCN(C(=O)Oc1ccc(CO[N+](=O)[O-])cc1)[C@H]1CC(C)S(=O)(=O)c2sc(S(N)(=O)=O)cc21.CCN(C(=O)Oc1ccccc1CO[N+](=O)[O-])[C@H]1CC(C)S(=O)(=O)c2sc(S(N)(=O)=O)cc21. The zero-order valence-electron chi connectivity index (χ0n) is 77.6. The first-order valence-corrected chi connectivity index (χ1v) is 58.1. The van der Waals surface area contributed by atoms with Crippen LogP contribution in [0.3, 0.4) is 0 Å². The van der Waals surface area contributed by atoms with Gasteiger partial charge in [-0.15, -0.1) is 85.8 Å². The molecule has 144 heavy (non-hydrogen) atoms. The Morgan fingerprint density at radius 1 is 0.465 bits per heavy atom. The van der Waals surface area contributed by atoms with Gasteiger partial charge in [-0.3, -0.25) is 24.0 Å². The number of likely N-dealkylation sites (N-methyl/N-ethyl adjacent to an activating group) is 2. The highest BCUT2D eigenvalue weighted by molar-refractivity contribution is 7.97. The van der Waals surface area contributed by atoms with Crippen molar-refractivity contribution >= 4 is 173 Å². The normalized spacial score (nSPS) is 18.9. The number of rotatable bonds is 38. The maximum absolute atomic E-state index is 13.5. The van der Waals surface area contributed by atoms with Gasteiger partial charge in [-0.1, -0.05) is 36.4 Å². The first-order chi connectivity index (χ1) is 67.0. The molecule has 3 aromatic carbocycles. The highest BCUT2D eigenvalue weighted by Gasteiger charge is 2.49. The van der Waals surface area contributed by atoms with Gasteiger partial charge in [0.05, 0.1) is 65.5 Å². The maximum atomic E-state index is 13.5. The molecule has 0 radical (unpaired) electrons. The summed E-state index contributed by atoms with van der Waals surface area (Å²) in [5.41, 5.74) is 1.94. The minimum Gasteiger partial charge on any atom is -0.493 e. The van der Waals surface area contributed by atoms with E-state index >= 15 is 0 Å². The minimum atomic E-state index is -4.22. The largest absolute Gasteiger partial charge is 0.493 e. The standard InChI is InChI=1S/C24H29N3O11S3.C19H28N4O11S3.2C18H21N3O9S3/c1-4-26(18-12-15(2)40(32,33)24-17(18)14-23(39-24)41(25,34)35)21(28)10-8-16-7-9-19(20(13-16)36-3)38-22(29)6-5-11-37-27(30)31;1-4-22(15-8-11(2)36(29,30)19-13(15)9-17(35-19)37(20,31)32)18(26)14(21-12(3)24)10-33-16(25)6-5-7-34-23(27)28;1-3-20(18(22)30-13-6-4-12(5-7-13)10-29-21(23)24)15-8-11(2)32(25,26)17-14(15)9-16(31-17)33(19,27)28;1-3-20(18(22)30-15-7-5-4-6-12(15)10-29-21(23)24)14-8-11(2)32(25,26)17-13(14)9-16(31-17)33(19,27)28/h7-10,13-15,18H,4-6,11-12H2,1-3H3,(H2,25,34,35);9,11,14-15H,4-8,10H2,1-3H3,(H,21,24)(H2,20,31,32);4-7,9,11,15H,3,8,10H2,1-2H3,(H2,19,27,28);4-7,9,11,14H,3,8,10H2,1-2H3,(H2,19,27,28)/b10-8+;;;/t15?,18-;11?,14?,15-;11?,15-;11?,14-/m0000/s1. The molecular formula is C79H99N13O40S12. The molecule has 792 valence electrons. The fraction of sp³-hybridized carbons (Fsp3) is 0.456. The number of nitrogens with one attached hydrogen (secondary N) is 1. The molecule has 0 spiro atoms. The lowest BCUT2D eigenvalue weighted by Gasteiger charge is -2.37. The molecule has 65 heteroatoms. The maximum Gasteiger partial charge on any atom is 0.415 e. The number of para-hydroxylation sites is 1. The summed E-state index contributed by atoms with van der Waals surface area (Å²) in [7, 11) is -30.5. The Morgan fingerprint density at radius 3 is 1.21 bits per heavy atom. The van der Waals surface area contributed by atoms with E-state index < -0.39 is 206 Å². The second-order valence-corrected chi connectivity index (χ2v) is 53.2. The van der Waals surface area contributed by atoms with Gasteiger partial charge in [0.25, 0.3) is 20.3 Å². The molecule has 0 saturated heterocycles. The number of carbonyl (C=O) groups excluding carboxylic acids is 7. The number of sulfone groups is 4. The Morgan fingerprint density at radius 2 is 0.833 bits per heavy atom. The van der Waals surface area contributed by atoms with Crippen LogP contribution in [0.25, 0.3) is 6.08 Å². The lowest BCUT2D eigenvalue weighted by atomic mass is 10.0. The van der Waals surface area contributed by atoms with Crippen LogP contribution >= 0.6 is 45.3 Å². The van der Waals surface area contributed by atoms with E-state index in [9.17, 15) is 141 Å². The molecule has 0 saturated carbocycles. The second kappa shape index (κ2) is 48.9. The van der Waals surface area contributed by atoms with Gasteiger partial charge < -0.3 is 68.0 Å². The summed E-state index contributed by atoms with van der Waals surface area (Å²) in [6.45, 7) is 12.5. The van der Waals surface area contributed by atoms with Crippen molar-refractivity contribution in [1.82, 2.24) is 24.9 Å². The molecule has 7 aromatic rings. The van der Waals surface area contributed by atoms with Crippen molar-refractivity contribution < 1.29 is 164 Å². The highest BCUT2D eigenvalue weighted by Crippen LogP contribution is 2.50. The Bertz CT molecular complexity index is 7040. The molecule has 9 N–H and O–H groups in total. The molecule has 4 aliphatic heterocycles. The Labute approximate surface area is 840 Å². The third-order valence-corrected chi connectivity index (χ3v) is 43.2. The molecule has 9 atom stereocenters. The van der Waals surface area contributed by atoms with Gasteiger partial charge in [0.15, 0.2) is 50.8 Å². The topological polar surface area (TPSA) is 777 Å². The smallest absolute Gasteiger partial charge is 0.415 e. The molecule has 0 fully saturated rings. The van der Waals surface area contributed by atoms with Gasteiger partial charge in [0, 0.05) is 79.8 Å². The van der Waals surface area contributed by atoms with E-state index in [0.717, 1.165) is 13.0 Å². The van der Waals surface area contributed by atoms with Gasteiger partial charge in [0.2, 0.25) is 57.8 Å². The number of sulfonamides is 4. The van der Waals surface area contributed by atoms with E-state index in [1.807, 2.05) is 0 Å². The molecule has 4 aromatic heterocycles. The fourth-order valence-corrected chi connectivity index (χ4v) is 32.5. The van der Waals surface area contributed by atoms with Crippen LogP contribution in [0.4, 0.5) is 9.59 Å². The van der Waals surface area contributed by atoms with Crippen molar-refractivity contribution in [3.05, 3.63) is 176 Å². The van der Waals surface area contributed by atoms with E-state index in [0.29, 0.717) is 56.5 Å². The predicted octanol–water partition coefficient (Wildman–Crippen LogP) is 6.82. The first-order valence-electron chi connectivity index (χ1n) is 42.4. The summed E-state index contributed by atoms with van der Waals surface area (Å²) in [5, 5.41) is 57.0. The predicted molar refractivity (Wildman–Crippen MR) is 507 cm³/mol. The van der Waals surface area contributed by atoms with Crippen molar-refractivity contribution in [3.8, 4) is 23.0 Å². The Balaban J connectivity index is 0.000000235. The van der Waals surface area contributed by atoms with Crippen LogP contribution in [0.5, 0.6) is 23.0 Å². The zero-order valence-corrected chi connectivity index (χ0v) is 87.4.